The Balaban J connectivity index is 0.00000242. The molecule has 0 bridgehead atoms. The van der Waals surface area contributed by atoms with Crippen LogP contribution in [0.2, 0.25) is 0 Å². The molecular formula is C16H24ClN3O2. The smallest absolute Gasteiger partial charge is 0.257 e. The third-order valence-corrected chi connectivity index (χ3v) is 3.46. The first kappa shape index (κ1) is 18.5. The van der Waals surface area contributed by atoms with Crippen molar-refractivity contribution in [2.75, 3.05) is 7.05 Å². The lowest BCUT2D eigenvalue weighted by Crippen LogP contribution is -2.24. The molecule has 1 heterocycles. The van der Waals surface area contributed by atoms with Gasteiger partial charge in [0.05, 0.1) is 6.10 Å². The summed E-state index contributed by atoms with van der Waals surface area (Å²) in [4.78, 5) is 4.42. The van der Waals surface area contributed by atoms with Crippen LogP contribution in [0.25, 0.3) is 11.5 Å². The number of rotatable bonds is 7. The molecule has 5 nitrogen and oxygen atoms in total. The number of nitrogens with zero attached hydrogens (tertiary/aromatic N) is 2. The van der Waals surface area contributed by atoms with Crippen LogP contribution < -0.4 is 10.1 Å². The van der Waals surface area contributed by atoms with Crippen LogP contribution >= 0.6 is 12.4 Å². The Morgan fingerprint density at radius 1 is 1.23 bits per heavy atom. The van der Waals surface area contributed by atoms with E-state index in [4.69, 9.17) is 9.26 Å². The SMILES string of the molecule is CCC(C)Oc1ccc(-c2nc(CC(C)NC)no2)cc1.Cl. The zero-order valence-corrected chi connectivity index (χ0v) is 14.3. The van der Waals surface area contributed by atoms with E-state index in [1.165, 1.54) is 0 Å². The summed E-state index contributed by atoms with van der Waals surface area (Å²) in [6.07, 6.45) is 1.95. The lowest BCUT2D eigenvalue weighted by molar-refractivity contribution is 0.217. The van der Waals surface area contributed by atoms with Crippen LogP contribution in [0, 0.1) is 0 Å². The third-order valence-electron chi connectivity index (χ3n) is 3.46. The molecule has 6 heteroatoms. The van der Waals surface area contributed by atoms with Gasteiger partial charge in [0, 0.05) is 18.0 Å². The fraction of sp³-hybridized carbons (Fsp3) is 0.500. The molecule has 0 saturated heterocycles. The topological polar surface area (TPSA) is 60.2 Å². The van der Waals surface area contributed by atoms with E-state index in [9.17, 15) is 0 Å². The summed E-state index contributed by atoms with van der Waals surface area (Å²) in [5.74, 6) is 2.12. The number of benzene rings is 1. The average molecular weight is 326 g/mol. The number of hydrogen-bond donors (Lipinski definition) is 1. The Hall–Kier alpha value is -1.59. The van der Waals surface area contributed by atoms with Crippen molar-refractivity contribution in [2.24, 2.45) is 0 Å². The second-order valence-electron chi connectivity index (χ2n) is 5.27. The molecule has 2 rings (SSSR count). The van der Waals surface area contributed by atoms with Crippen LogP contribution in [-0.2, 0) is 6.42 Å². The molecule has 1 aromatic heterocycles. The molecule has 0 amide bonds. The molecular weight excluding hydrogens is 302 g/mol. The van der Waals surface area contributed by atoms with Gasteiger partial charge in [0.1, 0.15) is 5.75 Å². The zero-order chi connectivity index (χ0) is 15.2. The van der Waals surface area contributed by atoms with E-state index in [-0.39, 0.29) is 18.5 Å². The van der Waals surface area contributed by atoms with Crippen molar-refractivity contribution >= 4 is 12.4 Å². The molecule has 1 N–H and O–H groups in total. The summed E-state index contributed by atoms with van der Waals surface area (Å²) >= 11 is 0. The molecule has 2 atom stereocenters. The maximum Gasteiger partial charge on any atom is 0.257 e. The zero-order valence-electron chi connectivity index (χ0n) is 13.5. The van der Waals surface area contributed by atoms with Crippen molar-refractivity contribution in [2.45, 2.75) is 45.8 Å². The Kier molecular flexibility index (Phi) is 7.35. The van der Waals surface area contributed by atoms with E-state index in [0.717, 1.165) is 24.2 Å². The van der Waals surface area contributed by atoms with E-state index in [2.05, 4.69) is 36.2 Å². The van der Waals surface area contributed by atoms with E-state index >= 15 is 0 Å². The summed E-state index contributed by atoms with van der Waals surface area (Å²) in [6, 6.07) is 8.07. The quantitative estimate of drug-likeness (QED) is 0.844. The molecule has 0 aliphatic carbocycles. The molecule has 2 aromatic rings. The molecule has 0 radical (unpaired) electrons. The minimum absolute atomic E-state index is 0. The molecule has 2 unspecified atom stereocenters. The number of hydrogen-bond acceptors (Lipinski definition) is 5. The van der Waals surface area contributed by atoms with Gasteiger partial charge in [-0.25, -0.2) is 0 Å². The lowest BCUT2D eigenvalue weighted by Gasteiger charge is -2.12. The Morgan fingerprint density at radius 2 is 1.91 bits per heavy atom. The van der Waals surface area contributed by atoms with Crippen molar-refractivity contribution in [3.05, 3.63) is 30.1 Å². The molecule has 1 aromatic carbocycles. The molecule has 0 aliphatic heterocycles. The maximum atomic E-state index is 5.75. The van der Waals surface area contributed by atoms with Crippen molar-refractivity contribution in [3.63, 3.8) is 0 Å². The predicted octanol–water partition coefficient (Wildman–Crippen LogP) is 3.49. The predicted molar refractivity (Wildman–Crippen MR) is 89.6 cm³/mol. The van der Waals surface area contributed by atoms with Crippen molar-refractivity contribution in [1.29, 1.82) is 0 Å². The van der Waals surface area contributed by atoms with Gasteiger partial charge in [0.15, 0.2) is 5.82 Å². The number of halogens is 1. The summed E-state index contributed by atoms with van der Waals surface area (Å²) in [7, 11) is 1.92. The second-order valence-corrected chi connectivity index (χ2v) is 5.27. The molecule has 0 saturated carbocycles. The number of aromatic nitrogens is 2. The van der Waals surface area contributed by atoms with Crippen molar-refractivity contribution in [3.8, 4) is 17.2 Å². The van der Waals surface area contributed by atoms with Gasteiger partial charge in [0.25, 0.3) is 5.89 Å². The fourth-order valence-corrected chi connectivity index (χ4v) is 1.82. The van der Waals surface area contributed by atoms with Crippen LogP contribution in [-0.4, -0.2) is 29.3 Å². The van der Waals surface area contributed by atoms with E-state index in [1.807, 2.05) is 31.3 Å². The highest BCUT2D eigenvalue weighted by Crippen LogP contribution is 2.22. The summed E-state index contributed by atoms with van der Waals surface area (Å²) < 4.78 is 11.1. The molecule has 0 fully saturated rings. The van der Waals surface area contributed by atoms with Gasteiger partial charge in [-0.1, -0.05) is 12.1 Å². The number of nitrogens with one attached hydrogen (secondary N) is 1. The highest BCUT2D eigenvalue weighted by molar-refractivity contribution is 5.85. The van der Waals surface area contributed by atoms with Crippen molar-refractivity contribution in [1.82, 2.24) is 15.5 Å². The molecule has 0 spiro atoms. The summed E-state index contributed by atoms with van der Waals surface area (Å²) in [6.45, 7) is 6.24. The summed E-state index contributed by atoms with van der Waals surface area (Å²) in [5.41, 5.74) is 0.905. The highest BCUT2D eigenvalue weighted by atomic mass is 35.5. The van der Waals surface area contributed by atoms with Crippen LogP contribution in [0.15, 0.2) is 28.8 Å². The molecule has 122 valence electrons. The summed E-state index contributed by atoms with van der Waals surface area (Å²) in [5, 5.41) is 7.16. The first-order chi connectivity index (χ1) is 10.1. The normalized spacial score (nSPS) is 13.3. The second kappa shape index (κ2) is 8.76. The van der Waals surface area contributed by atoms with Gasteiger partial charge >= 0.3 is 0 Å². The van der Waals surface area contributed by atoms with Gasteiger partial charge in [0.2, 0.25) is 0 Å². The van der Waals surface area contributed by atoms with Crippen LogP contribution in [0.3, 0.4) is 0 Å². The Morgan fingerprint density at radius 3 is 2.50 bits per heavy atom. The van der Waals surface area contributed by atoms with Gasteiger partial charge in [-0.2, -0.15) is 4.98 Å². The number of likely N-dealkylation sites (N-methyl/N-ethyl adjacent to an activating group) is 1. The van der Waals surface area contributed by atoms with Gasteiger partial charge in [-0.05, 0) is 51.6 Å². The Labute approximate surface area is 137 Å². The van der Waals surface area contributed by atoms with Crippen molar-refractivity contribution < 1.29 is 9.26 Å². The Bertz CT molecular complexity index is 557. The monoisotopic (exact) mass is 325 g/mol. The van der Waals surface area contributed by atoms with Gasteiger partial charge in [-0.3, -0.25) is 0 Å². The van der Waals surface area contributed by atoms with Crippen LogP contribution in [0.5, 0.6) is 5.75 Å². The van der Waals surface area contributed by atoms with Crippen LogP contribution in [0.4, 0.5) is 0 Å². The van der Waals surface area contributed by atoms with Gasteiger partial charge < -0.3 is 14.6 Å². The number of ether oxygens (including phenoxy) is 1. The van der Waals surface area contributed by atoms with E-state index in [0.29, 0.717) is 17.8 Å². The first-order valence-electron chi connectivity index (χ1n) is 7.39. The maximum absolute atomic E-state index is 5.75. The fourth-order valence-electron chi connectivity index (χ4n) is 1.82. The van der Waals surface area contributed by atoms with E-state index in [1.54, 1.807) is 0 Å². The first-order valence-corrected chi connectivity index (χ1v) is 7.39. The standard InChI is InChI=1S/C16H23N3O2.ClH/c1-5-12(3)20-14-8-6-13(7-9-14)16-18-15(19-21-16)10-11(2)17-4;/h6-9,11-12,17H,5,10H2,1-4H3;1H. The average Bonchev–Trinajstić information content (AvgIpc) is 2.96. The van der Waals surface area contributed by atoms with Crippen LogP contribution in [0.1, 0.15) is 33.0 Å². The van der Waals surface area contributed by atoms with E-state index < -0.39 is 0 Å². The lowest BCUT2D eigenvalue weighted by atomic mass is 10.2. The largest absolute Gasteiger partial charge is 0.491 e. The minimum Gasteiger partial charge on any atom is -0.491 e. The minimum atomic E-state index is 0. The highest BCUT2D eigenvalue weighted by Gasteiger charge is 2.11. The molecule has 22 heavy (non-hydrogen) atoms. The van der Waals surface area contributed by atoms with Gasteiger partial charge in [-0.15, -0.1) is 12.4 Å². The third kappa shape index (κ3) is 5.00. The molecule has 0 aliphatic rings.